The minimum Gasteiger partial charge on any atom is -0.239 e. The maximum atomic E-state index is 5.04. The molecule has 0 saturated carbocycles. The molecule has 0 unspecified atom stereocenters. The summed E-state index contributed by atoms with van der Waals surface area (Å²) >= 11 is 0. The SMILES string of the molecule is Cc1cc(-c2c(-c3cccc(-c4nc(-c5ccccc5)nc(-c5ccccc5)n4)c3)cccc2-c2cccc(-c3nc(-c4ccccc4)nc(-c4ccccc4)n3)c2)nc(C)n1. The Balaban J connectivity index is 1.13. The van der Waals surface area contributed by atoms with Crippen molar-refractivity contribution in [3.05, 3.63) is 206 Å². The second kappa shape index (κ2) is 16.7. The Kier molecular flexibility index (Phi) is 10.2. The second-order valence-electron chi connectivity index (χ2n) is 14.9. The van der Waals surface area contributed by atoms with Crippen LogP contribution in [0.3, 0.4) is 0 Å². The van der Waals surface area contributed by atoms with E-state index in [4.69, 9.17) is 34.9 Å². The molecule has 8 heteroatoms. The third kappa shape index (κ3) is 7.88. The van der Waals surface area contributed by atoms with Crippen molar-refractivity contribution in [3.63, 3.8) is 0 Å². The van der Waals surface area contributed by atoms with Crippen LogP contribution in [0.4, 0.5) is 0 Å². The van der Waals surface area contributed by atoms with E-state index in [0.717, 1.165) is 72.6 Å². The van der Waals surface area contributed by atoms with Crippen molar-refractivity contribution in [2.75, 3.05) is 0 Å². The molecular weight excluding hydrogens is 761 g/mol. The van der Waals surface area contributed by atoms with Crippen LogP contribution in [0.5, 0.6) is 0 Å². The molecule has 10 rings (SSSR count). The van der Waals surface area contributed by atoms with Crippen LogP contribution in [-0.2, 0) is 0 Å². The van der Waals surface area contributed by atoms with Gasteiger partial charge in [0.05, 0.1) is 5.69 Å². The predicted octanol–water partition coefficient (Wildman–Crippen LogP) is 12.5. The van der Waals surface area contributed by atoms with Crippen LogP contribution in [0.1, 0.15) is 11.5 Å². The van der Waals surface area contributed by atoms with Gasteiger partial charge in [-0.2, -0.15) is 0 Å². The quantitative estimate of drug-likeness (QED) is 0.142. The molecule has 3 heterocycles. The van der Waals surface area contributed by atoms with Crippen molar-refractivity contribution in [1.29, 1.82) is 0 Å². The maximum Gasteiger partial charge on any atom is 0.164 e. The number of aryl methyl sites for hydroxylation is 2. The van der Waals surface area contributed by atoms with Crippen LogP contribution < -0.4 is 0 Å². The summed E-state index contributed by atoms with van der Waals surface area (Å²) in [4.78, 5) is 39.7. The third-order valence-electron chi connectivity index (χ3n) is 10.5. The molecule has 0 fully saturated rings. The number of hydrogen-bond acceptors (Lipinski definition) is 8. The van der Waals surface area contributed by atoms with Gasteiger partial charge in [-0.05, 0) is 54.3 Å². The van der Waals surface area contributed by atoms with Crippen molar-refractivity contribution >= 4 is 0 Å². The maximum absolute atomic E-state index is 5.04. The molecule has 0 aliphatic rings. The fourth-order valence-electron chi connectivity index (χ4n) is 7.68. The second-order valence-corrected chi connectivity index (χ2v) is 14.9. The van der Waals surface area contributed by atoms with Crippen molar-refractivity contribution in [2.45, 2.75) is 13.8 Å². The van der Waals surface area contributed by atoms with Crippen LogP contribution in [0, 0.1) is 13.8 Å². The van der Waals surface area contributed by atoms with Crippen molar-refractivity contribution < 1.29 is 0 Å². The summed E-state index contributed by atoms with van der Waals surface area (Å²) in [5.74, 6) is 4.31. The molecule has 0 bridgehead atoms. The van der Waals surface area contributed by atoms with E-state index in [-0.39, 0.29) is 0 Å². The highest BCUT2D eigenvalue weighted by Gasteiger charge is 2.20. The Bertz CT molecular complexity index is 2870. The molecule has 7 aromatic carbocycles. The van der Waals surface area contributed by atoms with Crippen LogP contribution in [0.2, 0.25) is 0 Å². The summed E-state index contributed by atoms with van der Waals surface area (Å²) in [6, 6.07) is 65.3. The Morgan fingerprint density at radius 1 is 0.258 bits per heavy atom. The summed E-state index contributed by atoms with van der Waals surface area (Å²) in [5.41, 5.74) is 12.1. The summed E-state index contributed by atoms with van der Waals surface area (Å²) < 4.78 is 0. The van der Waals surface area contributed by atoms with E-state index in [9.17, 15) is 0 Å². The lowest BCUT2D eigenvalue weighted by atomic mass is 9.88. The minimum absolute atomic E-state index is 0.584. The average molecular weight is 799 g/mol. The predicted molar refractivity (Wildman–Crippen MR) is 247 cm³/mol. The van der Waals surface area contributed by atoms with E-state index >= 15 is 0 Å². The standard InChI is InChI=1S/C54H38N8/c1-35-32-47(56-36(2)55-35)48-45(41-26-15-28-43(33-41)53-59-49(37-18-7-3-8-19-37)57-50(60-53)38-20-9-4-10-21-38)30-17-31-46(48)42-27-16-29-44(34-42)54-61-51(39-22-11-5-12-23-39)58-52(62-54)40-24-13-6-14-25-40/h3-34H,1-2H3. The first-order valence-electron chi connectivity index (χ1n) is 20.4. The number of rotatable bonds is 9. The number of aromatic nitrogens is 8. The fourth-order valence-corrected chi connectivity index (χ4v) is 7.68. The van der Waals surface area contributed by atoms with E-state index in [1.165, 1.54) is 0 Å². The normalized spacial score (nSPS) is 11.1. The zero-order chi connectivity index (χ0) is 41.8. The van der Waals surface area contributed by atoms with Crippen molar-refractivity contribution in [1.82, 2.24) is 39.9 Å². The molecule has 0 aliphatic carbocycles. The summed E-state index contributed by atoms with van der Waals surface area (Å²) in [7, 11) is 0. The highest BCUT2D eigenvalue weighted by atomic mass is 15.0. The molecule has 8 nitrogen and oxygen atoms in total. The molecule has 0 spiro atoms. The average Bonchev–Trinajstić information content (AvgIpc) is 3.34. The third-order valence-corrected chi connectivity index (χ3v) is 10.5. The summed E-state index contributed by atoms with van der Waals surface area (Å²) in [6.07, 6.45) is 0. The van der Waals surface area contributed by atoms with Gasteiger partial charge in [-0.3, -0.25) is 0 Å². The fraction of sp³-hybridized carbons (Fsp3) is 0.0370. The lowest BCUT2D eigenvalue weighted by Gasteiger charge is -2.17. The Hall–Kier alpha value is -8.36. The van der Waals surface area contributed by atoms with E-state index in [0.29, 0.717) is 40.8 Å². The molecule has 0 radical (unpaired) electrons. The number of nitrogens with zero attached hydrogens (tertiary/aromatic N) is 8. The molecule has 0 N–H and O–H groups in total. The van der Waals surface area contributed by atoms with Crippen LogP contribution in [0.15, 0.2) is 194 Å². The summed E-state index contributed by atoms with van der Waals surface area (Å²) in [6.45, 7) is 3.94. The molecule has 62 heavy (non-hydrogen) atoms. The van der Waals surface area contributed by atoms with Gasteiger partial charge in [-0.1, -0.05) is 176 Å². The van der Waals surface area contributed by atoms with Crippen molar-refractivity contribution in [3.8, 4) is 102 Å². The first kappa shape index (κ1) is 37.9. The molecule has 0 aliphatic heterocycles. The topological polar surface area (TPSA) is 103 Å². The lowest BCUT2D eigenvalue weighted by molar-refractivity contribution is 1.02. The van der Waals surface area contributed by atoms with Gasteiger partial charge in [0.1, 0.15) is 5.82 Å². The number of benzene rings is 7. The molecular formula is C54H38N8. The first-order valence-corrected chi connectivity index (χ1v) is 20.4. The van der Waals surface area contributed by atoms with Gasteiger partial charge in [0.25, 0.3) is 0 Å². The minimum atomic E-state index is 0.584. The molecule has 10 aromatic rings. The Morgan fingerprint density at radius 3 is 0.919 bits per heavy atom. The van der Waals surface area contributed by atoms with E-state index in [2.05, 4.69) is 77.8 Å². The van der Waals surface area contributed by atoms with Gasteiger partial charge < -0.3 is 0 Å². The zero-order valence-corrected chi connectivity index (χ0v) is 34.1. The Labute approximate surface area is 359 Å². The van der Waals surface area contributed by atoms with E-state index in [1.807, 2.05) is 135 Å². The van der Waals surface area contributed by atoms with Crippen LogP contribution >= 0.6 is 0 Å². The van der Waals surface area contributed by atoms with Gasteiger partial charge >= 0.3 is 0 Å². The van der Waals surface area contributed by atoms with Crippen LogP contribution in [-0.4, -0.2) is 39.9 Å². The van der Waals surface area contributed by atoms with Gasteiger partial charge in [0, 0.05) is 44.6 Å². The van der Waals surface area contributed by atoms with Gasteiger partial charge in [-0.25, -0.2) is 39.9 Å². The van der Waals surface area contributed by atoms with E-state index < -0.39 is 0 Å². The molecule has 294 valence electrons. The Morgan fingerprint density at radius 2 is 0.565 bits per heavy atom. The van der Waals surface area contributed by atoms with Crippen LogP contribution in [0.25, 0.3) is 102 Å². The van der Waals surface area contributed by atoms with Gasteiger partial charge in [0.15, 0.2) is 34.9 Å². The van der Waals surface area contributed by atoms with Gasteiger partial charge in [0.2, 0.25) is 0 Å². The van der Waals surface area contributed by atoms with E-state index in [1.54, 1.807) is 0 Å². The summed E-state index contributed by atoms with van der Waals surface area (Å²) in [5, 5.41) is 0. The molecule has 0 amide bonds. The largest absolute Gasteiger partial charge is 0.239 e. The first-order chi connectivity index (χ1) is 30.5. The highest BCUT2D eigenvalue weighted by molar-refractivity contribution is 5.94. The zero-order valence-electron chi connectivity index (χ0n) is 34.1. The molecule has 0 saturated heterocycles. The lowest BCUT2D eigenvalue weighted by Crippen LogP contribution is -2.01. The van der Waals surface area contributed by atoms with Crippen molar-refractivity contribution in [2.24, 2.45) is 0 Å². The highest BCUT2D eigenvalue weighted by Crippen LogP contribution is 2.41. The van der Waals surface area contributed by atoms with Gasteiger partial charge in [-0.15, -0.1) is 0 Å². The monoisotopic (exact) mass is 798 g/mol. The number of hydrogen-bond donors (Lipinski definition) is 0. The molecule has 3 aromatic heterocycles. The molecule has 0 atom stereocenters. The smallest absolute Gasteiger partial charge is 0.164 e.